The number of hydrogen-bond donors (Lipinski definition) is 1. The Morgan fingerprint density at radius 2 is 1.89 bits per heavy atom. The van der Waals surface area contributed by atoms with Crippen molar-refractivity contribution in [1.29, 1.82) is 0 Å². The van der Waals surface area contributed by atoms with Crippen LogP contribution in [0.1, 0.15) is 25.1 Å². The minimum atomic E-state index is 0.935. The Labute approximate surface area is 109 Å². The Morgan fingerprint density at radius 1 is 1.17 bits per heavy atom. The van der Waals surface area contributed by atoms with Crippen molar-refractivity contribution in [2.75, 3.05) is 6.54 Å². The normalized spacial score (nSPS) is 10.8. The number of hydrogen-bond acceptors (Lipinski definition) is 2. The van der Waals surface area contributed by atoms with Crippen molar-refractivity contribution >= 4 is 0 Å². The Kier molecular flexibility index (Phi) is 4.15. The predicted octanol–water partition coefficient (Wildman–Crippen LogP) is 2.76. The molecule has 0 aliphatic rings. The van der Waals surface area contributed by atoms with Crippen LogP contribution in [0.5, 0.6) is 0 Å². The first-order valence-corrected chi connectivity index (χ1v) is 6.57. The van der Waals surface area contributed by atoms with Gasteiger partial charge in [0.15, 0.2) is 0 Å². The van der Waals surface area contributed by atoms with Crippen molar-refractivity contribution in [2.45, 2.75) is 26.8 Å². The topological polar surface area (TPSA) is 29.9 Å². The maximum atomic E-state index is 4.48. The molecule has 0 radical (unpaired) electrons. The summed E-state index contributed by atoms with van der Waals surface area (Å²) in [6.07, 6.45) is 3.06. The zero-order valence-electron chi connectivity index (χ0n) is 11.4. The summed E-state index contributed by atoms with van der Waals surface area (Å²) in [6, 6.07) is 8.74. The molecule has 18 heavy (non-hydrogen) atoms. The van der Waals surface area contributed by atoms with Crippen LogP contribution >= 0.6 is 0 Å². The molecule has 0 aliphatic carbocycles. The van der Waals surface area contributed by atoms with Crippen molar-refractivity contribution in [3.05, 3.63) is 41.7 Å². The van der Waals surface area contributed by atoms with Crippen LogP contribution in [0, 0.1) is 0 Å². The Morgan fingerprint density at radius 3 is 2.50 bits per heavy atom. The van der Waals surface area contributed by atoms with Gasteiger partial charge in [-0.3, -0.25) is 4.68 Å². The number of aromatic nitrogens is 2. The molecule has 1 aromatic carbocycles. The molecule has 0 saturated heterocycles. The third kappa shape index (κ3) is 2.79. The molecule has 0 amide bonds. The lowest BCUT2D eigenvalue weighted by Crippen LogP contribution is -2.11. The quantitative estimate of drug-likeness (QED) is 0.875. The van der Waals surface area contributed by atoms with E-state index < -0.39 is 0 Å². The van der Waals surface area contributed by atoms with Crippen LogP contribution in [0.2, 0.25) is 0 Å². The van der Waals surface area contributed by atoms with Crippen molar-refractivity contribution < 1.29 is 0 Å². The van der Waals surface area contributed by atoms with Crippen LogP contribution in [0.4, 0.5) is 0 Å². The van der Waals surface area contributed by atoms with E-state index in [1.54, 1.807) is 0 Å². The van der Waals surface area contributed by atoms with E-state index in [1.165, 1.54) is 16.7 Å². The highest BCUT2D eigenvalue weighted by Crippen LogP contribution is 2.23. The first kappa shape index (κ1) is 12.8. The van der Waals surface area contributed by atoms with E-state index in [4.69, 9.17) is 0 Å². The van der Waals surface area contributed by atoms with Crippen molar-refractivity contribution in [1.82, 2.24) is 15.1 Å². The summed E-state index contributed by atoms with van der Waals surface area (Å²) >= 11 is 0. The van der Waals surface area contributed by atoms with Crippen LogP contribution in [0.3, 0.4) is 0 Å². The lowest BCUT2D eigenvalue weighted by Gasteiger charge is -2.04. The van der Waals surface area contributed by atoms with E-state index in [0.29, 0.717) is 0 Å². The standard InChI is InChI=1S/C15H21N3/c1-4-15-14(11-18(3)17-15)13-8-6-12(7-9-13)10-16-5-2/h6-9,11,16H,4-5,10H2,1-3H3. The van der Waals surface area contributed by atoms with Crippen LogP contribution < -0.4 is 5.32 Å². The van der Waals surface area contributed by atoms with E-state index in [2.05, 4.69) is 54.7 Å². The second-order valence-electron chi connectivity index (χ2n) is 4.49. The third-order valence-electron chi connectivity index (χ3n) is 3.08. The molecule has 2 aromatic rings. The van der Waals surface area contributed by atoms with Gasteiger partial charge in [0.2, 0.25) is 0 Å². The first-order chi connectivity index (χ1) is 8.74. The van der Waals surface area contributed by atoms with Gasteiger partial charge in [-0.1, -0.05) is 38.1 Å². The fourth-order valence-corrected chi connectivity index (χ4v) is 2.11. The molecule has 96 valence electrons. The molecule has 0 aliphatic heterocycles. The van der Waals surface area contributed by atoms with Gasteiger partial charge in [-0.25, -0.2) is 0 Å². The minimum absolute atomic E-state index is 0.935. The highest BCUT2D eigenvalue weighted by Gasteiger charge is 2.07. The Bertz CT molecular complexity index is 497. The Balaban J connectivity index is 2.22. The molecule has 0 spiro atoms. The second-order valence-corrected chi connectivity index (χ2v) is 4.49. The summed E-state index contributed by atoms with van der Waals surface area (Å²) in [7, 11) is 1.97. The average molecular weight is 243 g/mol. The summed E-state index contributed by atoms with van der Waals surface area (Å²) in [5.74, 6) is 0. The summed E-state index contributed by atoms with van der Waals surface area (Å²) in [4.78, 5) is 0. The van der Waals surface area contributed by atoms with Crippen molar-refractivity contribution in [2.24, 2.45) is 7.05 Å². The molecule has 1 N–H and O–H groups in total. The van der Waals surface area contributed by atoms with Gasteiger partial charge in [0, 0.05) is 25.4 Å². The molecule has 0 unspecified atom stereocenters. The molecule has 0 fully saturated rings. The summed E-state index contributed by atoms with van der Waals surface area (Å²) in [6.45, 7) is 6.21. The molecule has 2 rings (SSSR count). The minimum Gasteiger partial charge on any atom is -0.313 e. The van der Waals surface area contributed by atoms with Crippen LogP contribution in [0.15, 0.2) is 30.5 Å². The molecule has 3 heteroatoms. The number of aryl methyl sites for hydroxylation is 2. The summed E-state index contributed by atoms with van der Waals surface area (Å²) < 4.78 is 1.89. The SMILES string of the molecule is CCNCc1ccc(-c2cn(C)nc2CC)cc1. The second kappa shape index (κ2) is 5.83. The fraction of sp³-hybridized carbons (Fsp3) is 0.400. The van der Waals surface area contributed by atoms with Crippen molar-refractivity contribution in [3.63, 3.8) is 0 Å². The Hall–Kier alpha value is -1.61. The average Bonchev–Trinajstić information content (AvgIpc) is 2.78. The molecule has 3 nitrogen and oxygen atoms in total. The smallest absolute Gasteiger partial charge is 0.0700 e. The highest BCUT2D eigenvalue weighted by atomic mass is 15.2. The third-order valence-corrected chi connectivity index (χ3v) is 3.08. The lowest BCUT2D eigenvalue weighted by molar-refractivity contribution is 0.727. The first-order valence-electron chi connectivity index (χ1n) is 6.57. The van der Waals surface area contributed by atoms with E-state index in [1.807, 2.05) is 11.7 Å². The number of rotatable bonds is 5. The fourth-order valence-electron chi connectivity index (χ4n) is 2.11. The molecule has 1 heterocycles. The summed E-state index contributed by atoms with van der Waals surface area (Å²) in [5.41, 5.74) is 4.98. The summed E-state index contributed by atoms with van der Waals surface area (Å²) in [5, 5.41) is 7.82. The van der Waals surface area contributed by atoms with Crippen LogP contribution in [0.25, 0.3) is 11.1 Å². The van der Waals surface area contributed by atoms with E-state index in [0.717, 1.165) is 25.2 Å². The highest BCUT2D eigenvalue weighted by molar-refractivity contribution is 5.65. The zero-order valence-corrected chi connectivity index (χ0v) is 11.4. The monoisotopic (exact) mass is 243 g/mol. The zero-order chi connectivity index (χ0) is 13.0. The van der Waals surface area contributed by atoms with Gasteiger partial charge in [-0.05, 0) is 24.1 Å². The van der Waals surface area contributed by atoms with Gasteiger partial charge in [-0.15, -0.1) is 0 Å². The van der Waals surface area contributed by atoms with E-state index in [9.17, 15) is 0 Å². The largest absolute Gasteiger partial charge is 0.313 e. The van der Waals surface area contributed by atoms with Gasteiger partial charge >= 0.3 is 0 Å². The van der Waals surface area contributed by atoms with E-state index >= 15 is 0 Å². The predicted molar refractivity (Wildman–Crippen MR) is 75.4 cm³/mol. The van der Waals surface area contributed by atoms with E-state index in [-0.39, 0.29) is 0 Å². The molecule has 0 atom stereocenters. The molecular formula is C15H21N3. The number of nitrogens with zero attached hydrogens (tertiary/aromatic N) is 2. The maximum Gasteiger partial charge on any atom is 0.0700 e. The molecular weight excluding hydrogens is 222 g/mol. The maximum absolute atomic E-state index is 4.48. The lowest BCUT2D eigenvalue weighted by atomic mass is 10.0. The molecule has 0 bridgehead atoms. The van der Waals surface area contributed by atoms with Gasteiger partial charge in [0.1, 0.15) is 0 Å². The van der Waals surface area contributed by atoms with Gasteiger partial charge in [-0.2, -0.15) is 5.10 Å². The molecule has 1 aromatic heterocycles. The van der Waals surface area contributed by atoms with Gasteiger partial charge in [0.25, 0.3) is 0 Å². The van der Waals surface area contributed by atoms with Gasteiger partial charge in [0.05, 0.1) is 5.69 Å². The van der Waals surface area contributed by atoms with Gasteiger partial charge < -0.3 is 5.32 Å². The van der Waals surface area contributed by atoms with Crippen molar-refractivity contribution in [3.8, 4) is 11.1 Å². The van der Waals surface area contributed by atoms with Crippen LogP contribution in [-0.4, -0.2) is 16.3 Å². The number of benzene rings is 1. The molecule has 0 saturated carbocycles. The van der Waals surface area contributed by atoms with Crippen LogP contribution in [-0.2, 0) is 20.0 Å². The number of nitrogens with one attached hydrogen (secondary N) is 1.